The molecule has 11 heteroatoms. The van der Waals surface area contributed by atoms with E-state index in [-0.39, 0.29) is 29.6 Å². The van der Waals surface area contributed by atoms with Crippen LogP contribution in [0.15, 0.2) is 72.8 Å². The van der Waals surface area contributed by atoms with Crippen LogP contribution in [0.3, 0.4) is 0 Å². The SMILES string of the molecule is O=C1c2ccccc2C(=O)N1CCOC(=S)N(C(=O)c1ccc([N+](=O)[O-])cc1)c1ccc(Cl)cc1. The molecule has 1 aliphatic rings. The van der Waals surface area contributed by atoms with Crippen LogP contribution < -0.4 is 4.90 Å². The number of nitrogens with zero attached hydrogens (tertiary/aromatic N) is 3. The molecule has 3 amide bonds. The molecule has 0 atom stereocenters. The molecule has 1 aliphatic heterocycles. The Bertz CT molecular complexity index is 1310. The maximum atomic E-state index is 13.3. The number of imide groups is 1. The van der Waals surface area contributed by atoms with Gasteiger partial charge in [-0.2, -0.15) is 0 Å². The van der Waals surface area contributed by atoms with Crippen molar-refractivity contribution in [2.45, 2.75) is 0 Å². The molecule has 0 aromatic heterocycles. The van der Waals surface area contributed by atoms with Crippen LogP contribution in [-0.2, 0) is 4.74 Å². The number of ether oxygens (including phenoxy) is 1. The minimum atomic E-state index is -0.590. The number of benzene rings is 3. The molecule has 0 radical (unpaired) electrons. The minimum absolute atomic E-state index is 0.0767. The highest BCUT2D eigenvalue weighted by molar-refractivity contribution is 7.80. The molecule has 0 bridgehead atoms. The standard InChI is InChI=1S/C24H16ClN3O6S/c25-16-7-11-17(12-8-16)27(21(29)15-5-9-18(10-6-15)28(32)33)24(35)34-14-13-26-22(30)19-3-1-2-4-20(19)23(26)31/h1-12H,13-14H2. The van der Waals surface area contributed by atoms with E-state index in [9.17, 15) is 24.5 Å². The number of nitro benzene ring substituents is 1. The Hall–Kier alpha value is -4.15. The van der Waals surface area contributed by atoms with Gasteiger partial charge in [-0.1, -0.05) is 23.7 Å². The first-order valence-corrected chi connectivity index (χ1v) is 11.0. The first-order chi connectivity index (χ1) is 16.8. The molecule has 0 N–H and O–H groups in total. The van der Waals surface area contributed by atoms with Crippen molar-refractivity contribution in [3.63, 3.8) is 0 Å². The van der Waals surface area contributed by atoms with E-state index in [1.54, 1.807) is 48.5 Å². The van der Waals surface area contributed by atoms with E-state index >= 15 is 0 Å². The van der Waals surface area contributed by atoms with Gasteiger partial charge in [0.1, 0.15) is 6.61 Å². The number of anilines is 1. The highest BCUT2D eigenvalue weighted by atomic mass is 35.5. The lowest BCUT2D eigenvalue weighted by atomic mass is 10.1. The van der Waals surface area contributed by atoms with E-state index in [0.717, 1.165) is 9.80 Å². The number of nitro groups is 1. The average Bonchev–Trinajstić information content (AvgIpc) is 3.10. The van der Waals surface area contributed by atoms with Crippen molar-refractivity contribution in [3.05, 3.63) is 105 Å². The zero-order valence-corrected chi connectivity index (χ0v) is 19.5. The van der Waals surface area contributed by atoms with Crippen LogP contribution in [0.25, 0.3) is 0 Å². The molecule has 0 saturated carbocycles. The molecule has 3 aromatic carbocycles. The summed E-state index contributed by atoms with van der Waals surface area (Å²) in [5.41, 5.74) is 0.951. The summed E-state index contributed by atoms with van der Waals surface area (Å²) in [5.74, 6) is -1.46. The van der Waals surface area contributed by atoms with E-state index < -0.39 is 22.6 Å². The van der Waals surface area contributed by atoms with Gasteiger partial charge in [0.05, 0.1) is 28.3 Å². The summed E-state index contributed by atoms with van der Waals surface area (Å²) in [6.07, 6.45) is 0. The van der Waals surface area contributed by atoms with Crippen LogP contribution in [0.2, 0.25) is 5.02 Å². The molecule has 0 fully saturated rings. The van der Waals surface area contributed by atoms with Gasteiger partial charge in [-0.3, -0.25) is 29.4 Å². The van der Waals surface area contributed by atoms with Crippen molar-refractivity contribution in [1.82, 2.24) is 4.90 Å². The Morgan fingerprint density at radius 2 is 1.54 bits per heavy atom. The van der Waals surface area contributed by atoms with Crippen LogP contribution in [0, 0.1) is 10.1 Å². The largest absolute Gasteiger partial charge is 0.468 e. The van der Waals surface area contributed by atoms with Gasteiger partial charge in [-0.15, -0.1) is 0 Å². The Morgan fingerprint density at radius 3 is 2.09 bits per heavy atom. The maximum absolute atomic E-state index is 13.3. The Kier molecular flexibility index (Phi) is 6.85. The quantitative estimate of drug-likeness (QED) is 0.208. The smallest absolute Gasteiger partial charge is 0.271 e. The van der Waals surface area contributed by atoms with Crippen LogP contribution in [0.5, 0.6) is 0 Å². The van der Waals surface area contributed by atoms with Crippen molar-refractivity contribution in [2.75, 3.05) is 18.1 Å². The maximum Gasteiger partial charge on any atom is 0.271 e. The van der Waals surface area contributed by atoms with Gasteiger partial charge < -0.3 is 4.74 Å². The summed E-state index contributed by atoms with van der Waals surface area (Å²) < 4.78 is 5.60. The van der Waals surface area contributed by atoms with Gasteiger partial charge in [0, 0.05) is 22.7 Å². The Labute approximate surface area is 209 Å². The van der Waals surface area contributed by atoms with Crippen molar-refractivity contribution in [2.24, 2.45) is 0 Å². The number of hydrogen-bond acceptors (Lipinski definition) is 7. The van der Waals surface area contributed by atoms with Crippen molar-refractivity contribution >= 4 is 58.1 Å². The van der Waals surface area contributed by atoms with Gasteiger partial charge in [-0.05, 0) is 60.7 Å². The predicted octanol–water partition coefficient (Wildman–Crippen LogP) is 4.49. The molecule has 0 unspecified atom stereocenters. The van der Waals surface area contributed by atoms with E-state index in [0.29, 0.717) is 21.8 Å². The third-order valence-electron chi connectivity index (χ3n) is 5.21. The van der Waals surface area contributed by atoms with Crippen molar-refractivity contribution in [1.29, 1.82) is 0 Å². The monoisotopic (exact) mass is 509 g/mol. The normalized spacial score (nSPS) is 12.3. The zero-order chi connectivity index (χ0) is 25.1. The molecule has 9 nitrogen and oxygen atoms in total. The molecular weight excluding hydrogens is 494 g/mol. The highest BCUT2D eigenvalue weighted by Gasteiger charge is 2.35. The third kappa shape index (κ3) is 4.88. The van der Waals surface area contributed by atoms with E-state index in [1.807, 2.05) is 0 Å². The first-order valence-electron chi connectivity index (χ1n) is 10.2. The molecule has 0 spiro atoms. The second kappa shape index (κ2) is 10.00. The molecule has 0 saturated heterocycles. The van der Waals surface area contributed by atoms with Crippen LogP contribution >= 0.6 is 23.8 Å². The van der Waals surface area contributed by atoms with Crippen LogP contribution in [0.1, 0.15) is 31.1 Å². The van der Waals surface area contributed by atoms with Gasteiger partial charge in [0.25, 0.3) is 28.6 Å². The number of hydrogen-bond donors (Lipinski definition) is 0. The first kappa shape index (κ1) is 24.0. The molecule has 0 aliphatic carbocycles. The predicted molar refractivity (Wildman–Crippen MR) is 132 cm³/mol. The number of rotatable bonds is 6. The molecule has 3 aromatic rings. The summed E-state index contributed by atoms with van der Waals surface area (Å²) in [5, 5.41) is 11.1. The fraction of sp³-hybridized carbons (Fsp3) is 0.0833. The fourth-order valence-electron chi connectivity index (χ4n) is 3.48. The average molecular weight is 510 g/mol. The van der Waals surface area contributed by atoms with Crippen LogP contribution in [0.4, 0.5) is 11.4 Å². The number of non-ortho nitro benzene ring substituents is 1. The van der Waals surface area contributed by atoms with Crippen molar-refractivity contribution < 1.29 is 24.0 Å². The number of carbonyl (C=O) groups excluding carboxylic acids is 3. The highest BCUT2D eigenvalue weighted by Crippen LogP contribution is 2.24. The number of thiocarbonyl (C=S) groups is 1. The summed E-state index contributed by atoms with van der Waals surface area (Å²) >= 11 is 11.3. The number of halogens is 1. The molecule has 35 heavy (non-hydrogen) atoms. The van der Waals surface area contributed by atoms with E-state index in [2.05, 4.69) is 0 Å². The lowest BCUT2D eigenvalue weighted by molar-refractivity contribution is -0.384. The Morgan fingerprint density at radius 1 is 0.971 bits per heavy atom. The molecule has 1 heterocycles. The summed E-state index contributed by atoms with van der Waals surface area (Å²) in [4.78, 5) is 50.8. The summed E-state index contributed by atoms with van der Waals surface area (Å²) in [7, 11) is 0. The third-order valence-corrected chi connectivity index (χ3v) is 5.77. The molecule has 176 valence electrons. The summed E-state index contributed by atoms with van der Waals surface area (Å²) in [6, 6.07) is 17.8. The Balaban J connectivity index is 1.50. The minimum Gasteiger partial charge on any atom is -0.468 e. The van der Waals surface area contributed by atoms with E-state index in [1.165, 1.54) is 24.3 Å². The summed E-state index contributed by atoms with van der Waals surface area (Å²) in [6.45, 7) is -0.228. The van der Waals surface area contributed by atoms with Crippen LogP contribution in [-0.4, -0.2) is 45.9 Å². The molecular formula is C24H16ClN3O6S. The van der Waals surface area contributed by atoms with E-state index in [4.69, 9.17) is 28.6 Å². The topological polar surface area (TPSA) is 110 Å². The molecule has 4 rings (SSSR count). The lowest BCUT2D eigenvalue weighted by Crippen LogP contribution is -2.39. The van der Waals surface area contributed by atoms with Gasteiger partial charge in [0.2, 0.25) is 0 Å². The zero-order valence-electron chi connectivity index (χ0n) is 17.9. The van der Waals surface area contributed by atoms with Crippen molar-refractivity contribution in [3.8, 4) is 0 Å². The number of amides is 3. The van der Waals surface area contributed by atoms with Gasteiger partial charge in [0.15, 0.2) is 0 Å². The number of fused-ring (bicyclic) bond motifs is 1. The second-order valence-corrected chi connectivity index (χ2v) is 8.13. The van der Waals surface area contributed by atoms with Gasteiger partial charge >= 0.3 is 0 Å². The fourth-order valence-corrected chi connectivity index (χ4v) is 3.88. The van der Waals surface area contributed by atoms with Gasteiger partial charge in [-0.25, -0.2) is 4.90 Å². The lowest BCUT2D eigenvalue weighted by Gasteiger charge is -2.24. The second-order valence-electron chi connectivity index (χ2n) is 7.34. The number of carbonyl (C=O) groups is 3.